The highest BCUT2D eigenvalue weighted by Gasteiger charge is 2.34. The van der Waals surface area contributed by atoms with Gasteiger partial charge in [0.1, 0.15) is 12.8 Å². The van der Waals surface area contributed by atoms with Crippen LogP contribution in [0.25, 0.3) is 0 Å². The first-order chi connectivity index (χ1) is 5.77. The molecule has 2 fully saturated rings. The highest BCUT2D eigenvalue weighted by atomic mass is 32.2. The van der Waals surface area contributed by atoms with E-state index in [-0.39, 0.29) is 18.0 Å². The Morgan fingerprint density at radius 1 is 1.58 bits per heavy atom. The van der Waals surface area contributed by atoms with Crippen LogP contribution in [0.15, 0.2) is 0 Å². The van der Waals surface area contributed by atoms with Crippen molar-refractivity contribution in [3.05, 3.63) is 0 Å². The summed E-state index contributed by atoms with van der Waals surface area (Å²) in [6.45, 7) is 0.961. The zero-order valence-corrected chi connectivity index (χ0v) is 7.10. The first-order valence-corrected chi connectivity index (χ1v) is 4.62. The number of cyclic esters (lactones) is 1. The Balaban J connectivity index is 2.00. The average molecular weight is 188 g/mol. The first kappa shape index (κ1) is 7.72. The van der Waals surface area contributed by atoms with Gasteiger partial charge in [0, 0.05) is 12.3 Å². The highest BCUT2D eigenvalue weighted by Crippen LogP contribution is 2.20. The molecule has 2 amide bonds. The van der Waals surface area contributed by atoms with Gasteiger partial charge in [-0.1, -0.05) is 11.8 Å². The molecule has 0 saturated carbocycles. The Morgan fingerprint density at radius 3 is 2.92 bits per heavy atom. The minimum absolute atomic E-state index is 0.0193. The van der Waals surface area contributed by atoms with Gasteiger partial charge in [-0.25, -0.2) is 4.79 Å². The van der Waals surface area contributed by atoms with Crippen molar-refractivity contribution in [2.24, 2.45) is 0 Å². The summed E-state index contributed by atoms with van der Waals surface area (Å²) in [4.78, 5) is 23.4. The molecule has 5 nitrogen and oxygen atoms in total. The largest absolute Gasteiger partial charge is 0.445 e. The van der Waals surface area contributed by atoms with Gasteiger partial charge in [0.25, 0.3) is 5.24 Å². The van der Waals surface area contributed by atoms with Crippen molar-refractivity contribution in [2.75, 3.05) is 18.9 Å². The summed E-state index contributed by atoms with van der Waals surface area (Å²) in [6.07, 6.45) is -0.690. The van der Waals surface area contributed by atoms with Gasteiger partial charge in [-0.3, -0.25) is 10.1 Å². The molecule has 0 bridgehead atoms. The predicted octanol–water partition coefficient (Wildman–Crippen LogP) is 0.221. The molecular formula is C6H8N2O3S. The second-order valence-electron chi connectivity index (χ2n) is 2.57. The van der Waals surface area contributed by atoms with Crippen LogP contribution in [-0.4, -0.2) is 41.3 Å². The Hall–Kier alpha value is -0.910. The summed E-state index contributed by atoms with van der Waals surface area (Å²) in [6, 6.07) is 0. The van der Waals surface area contributed by atoms with Crippen molar-refractivity contribution >= 4 is 23.1 Å². The number of nitrogens with zero attached hydrogens (tertiary/aromatic N) is 1. The first-order valence-electron chi connectivity index (χ1n) is 3.64. The van der Waals surface area contributed by atoms with E-state index < -0.39 is 6.09 Å². The molecule has 0 spiro atoms. The van der Waals surface area contributed by atoms with E-state index >= 15 is 0 Å². The van der Waals surface area contributed by atoms with Crippen LogP contribution in [-0.2, 0) is 4.74 Å². The van der Waals surface area contributed by atoms with Crippen LogP contribution < -0.4 is 5.32 Å². The summed E-state index contributed by atoms with van der Waals surface area (Å²) in [7, 11) is 0. The van der Waals surface area contributed by atoms with Gasteiger partial charge in [-0.15, -0.1) is 0 Å². The standard InChI is InChI=1S/C6H8N2O3S/c9-5-7-4(3-11-5)8-1-2-12-6(8)10/h4H,1-3H2,(H,7,9). The van der Waals surface area contributed by atoms with Gasteiger partial charge in [0.15, 0.2) is 0 Å². The van der Waals surface area contributed by atoms with E-state index in [1.54, 1.807) is 4.90 Å². The molecule has 0 aromatic rings. The predicted molar refractivity (Wildman–Crippen MR) is 42.8 cm³/mol. The number of alkyl carbamates (subject to hydrolysis) is 1. The van der Waals surface area contributed by atoms with E-state index in [4.69, 9.17) is 0 Å². The highest BCUT2D eigenvalue weighted by molar-refractivity contribution is 8.13. The van der Waals surface area contributed by atoms with Crippen LogP contribution in [0.1, 0.15) is 0 Å². The van der Waals surface area contributed by atoms with E-state index in [1.165, 1.54) is 11.8 Å². The van der Waals surface area contributed by atoms with E-state index in [2.05, 4.69) is 10.1 Å². The molecule has 2 aliphatic rings. The van der Waals surface area contributed by atoms with Crippen molar-refractivity contribution < 1.29 is 14.3 Å². The molecule has 2 aliphatic heterocycles. The fourth-order valence-corrected chi connectivity index (χ4v) is 2.08. The number of thioether (sulfide) groups is 1. The molecular weight excluding hydrogens is 180 g/mol. The van der Waals surface area contributed by atoms with Gasteiger partial charge < -0.3 is 9.64 Å². The maximum absolute atomic E-state index is 11.1. The quantitative estimate of drug-likeness (QED) is 0.639. The third-order valence-electron chi connectivity index (χ3n) is 1.83. The van der Waals surface area contributed by atoms with E-state index in [0.717, 1.165) is 5.75 Å². The normalized spacial score (nSPS) is 29.0. The lowest BCUT2D eigenvalue weighted by Crippen LogP contribution is -2.44. The summed E-state index contributed by atoms with van der Waals surface area (Å²) in [5.74, 6) is 0.797. The molecule has 2 saturated heterocycles. The van der Waals surface area contributed by atoms with Crippen LogP contribution >= 0.6 is 11.8 Å². The molecule has 0 radical (unpaired) electrons. The number of hydrogen-bond acceptors (Lipinski definition) is 4. The molecule has 66 valence electrons. The summed E-state index contributed by atoms with van der Waals surface area (Å²) in [5, 5.41) is 2.58. The van der Waals surface area contributed by atoms with Gasteiger partial charge in [-0.05, 0) is 0 Å². The zero-order valence-electron chi connectivity index (χ0n) is 6.28. The maximum Gasteiger partial charge on any atom is 0.409 e. The number of amides is 2. The summed E-state index contributed by atoms with van der Waals surface area (Å²) >= 11 is 1.27. The number of carbonyl (C=O) groups is 2. The molecule has 12 heavy (non-hydrogen) atoms. The molecule has 1 N–H and O–H groups in total. The lowest BCUT2D eigenvalue weighted by molar-refractivity contribution is 0.165. The number of carbonyl (C=O) groups excluding carboxylic acids is 2. The minimum atomic E-state index is -0.440. The zero-order chi connectivity index (χ0) is 8.55. The number of rotatable bonds is 1. The van der Waals surface area contributed by atoms with Gasteiger partial charge in [0.05, 0.1) is 0 Å². The Kier molecular flexibility index (Phi) is 1.84. The van der Waals surface area contributed by atoms with Crippen molar-refractivity contribution in [2.45, 2.75) is 6.17 Å². The van der Waals surface area contributed by atoms with Crippen LogP contribution in [0.2, 0.25) is 0 Å². The number of ether oxygens (including phenoxy) is 1. The lowest BCUT2D eigenvalue weighted by atomic mass is 10.4. The summed E-state index contributed by atoms with van der Waals surface area (Å²) in [5.41, 5.74) is 0. The number of hydrogen-bond donors (Lipinski definition) is 1. The Labute approximate surface area is 73.4 Å². The molecule has 1 atom stereocenters. The van der Waals surface area contributed by atoms with Crippen molar-refractivity contribution in [1.29, 1.82) is 0 Å². The topological polar surface area (TPSA) is 58.6 Å². The van der Waals surface area contributed by atoms with Crippen molar-refractivity contribution in [1.82, 2.24) is 10.2 Å². The molecule has 6 heteroatoms. The van der Waals surface area contributed by atoms with Crippen LogP contribution in [0.3, 0.4) is 0 Å². The summed E-state index contributed by atoms with van der Waals surface area (Å²) < 4.78 is 4.67. The van der Waals surface area contributed by atoms with Crippen LogP contribution in [0.5, 0.6) is 0 Å². The second-order valence-corrected chi connectivity index (χ2v) is 3.61. The van der Waals surface area contributed by atoms with Gasteiger partial charge >= 0.3 is 6.09 Å². The molecule has 0 aromatic heterocycles. The third kappa shape index (κ3) is 1.22. The fraction of sp³-hybridized carbons (Fsp3) is 0.667. The Bertz CT molecular complexity index is 233. The van der Waals surface area contributed by atoms with E-state index in [0.29, 0.717) is 6.54 Å². The Morgan fingerprint density at radius 2 is 2.42 bits per heavy atom. The van der Waals surface area contributed by atoms with Crippen LogP contribution in [0, 0.1) is 0 Å². The molecule has 2 rings (SSSR count). The molecule has 0 aliphatic carbocycles. The maximum atomic E-state index is 11.1. The van der Waals surface area contributed by atoms with Crippen LogP contribution in [0.4, 0.5) is 9.59 Å². The van der Waals surface area contributed by atoms with Crippen molar-refractivity contribution in [3.8, 4) is 0 Å². The third-order valence-corrected chi connectivity index (χ3v) is 2.69. The SMILES string of the molecule is O=C1NC(N2CCSC2=O)CO1. The van der Waals surface area contributed by atoms with Gasteiger partial charge in [-0.2, -0.15) is 0 Å². The van der Waals surface area contributed by atoms with Crippen molar-refractivity contribution in [3.63, 3.8) is 0 Å². The lowest BCUT2D eigenvalue weighted by Gasteiger charge is -2.19. The monoisotopic (exact) mass is 188 g/mol. The second kappa shape index (κ2) is 2.85. The molecule has 0 aromatic carbocycles. The fourth-order valence-electron chi connectivity index (χ4n) is 1.23. The van der Waals surface area contributed by atoms with Gasteiger partial charge in [0.2, 0.25) is 0 Å². The van der Waals surface area contributed by atoms with E-state index in [9.17, 15) is 9.59 Å². The molecule has 2 heterocycles. The van der Waals surface area contributed by atoms with E-state index in [1.807, 2.05) is 0 Å². The number of nitrogens with one attached hydrogen (secondary N) is 1. The minimum Gasteiger partial charge on any atom is -0.445 e. The smallest absolute Gasteiger partial charge is 0.409 e. The average Bonchev–Trinajstić information content (AvgIpc) is 2.58. The molecule has 1 unspecified atom stereocenters.